The molecule has 0 aromatic heterocycles. The van der Waals surface area contributed by atoms with Crippen LogP contribution in [0.15, 0.2) is 47.5 Å². The Bertz CT molecular complexity index is 1060. The number of methoxy groups -OCH3 is 2. The van der Waals surface area contributed by atoms with Crippen LogP contribution < -0.4 is 20.1 Å². The molecule has 1 amide bonds. The van der Waals surface area contributed by atoms with E-state index < -0.39 is 5.54 Å². The third-order valence-electron chi connectivity index (χ3n) is 7.17. The minimum atomic E-state index is -0.392. The molecule has 1 spiro atoms. The van der Waals surface area contributed by atoms with E-state index in [0.717, 1.165) is 37.3 Å². The van der Waals surface area contributed by atoms with Gasteiger partial charge in [-0.15, -0.1) is 0 Å². The van der Waals surface area contributed by atoms with Crippen LogP contribution in [0.1, 0.15) is 48.0 Å². The van der Waals surface area contributed by atoms with Gasteiger partial charge in [0.2, 0.25) is 0 Å². The summed E-state index contributed by atoms with van der Waals surface area (Å²) >= 11 is 0. The van der Waals surface area contributed by atoms with Crippen molar-refractivity contribution in [2.24, 2.45) is 4.99 Å². The van der Waals surface area contributed by atoms with Gasteiger partial charge in [-0.3, -0.25) is 15.1 Å². The van der Waals surface area contributed by atoms with Crippen LogP contribution in [0.25, 0.3) is 0 Å². The van der Waals surface area contributed by atoms with Gasteiger partial charge in [-0.1, -0.05) is 31.0 Å². The van der Waals surface area contributed by atoms with Gasteiger partial charge in [0.1, 0.15) is 17.3 Å². The predicted molar refractivity (Wildman–Crippen MR) is 129 cm³/mol. The highest BCUT2D eigenvalue weighted by atomic mass is 16.5. The quantitative estimate of drug-likeness (QED) is 0.743. The topological polar surface area (TPSA) is 75.2 Å². The Morgan fingerprint density at radius 1 is 1.12 bits per heavy atom. The lowest BCUT2D eigenvalue weighted by Crippen LogP contribution is -2.55. The van der Waals surface area contributed by atoms with E-state index in [-0.39, 0.29) is 5.91 Å². The minimum absolute atomic E-state index is 0.0323. The smallest absolute Gasteiger partial charge is 0.257 e. The molecule has 2 fully saturated rings. The lowest BCUT2D eigenvalue weighted by molar-refractivity contribution is 0.0782. The van der Waals surface area contributed by atoms with E-state index in [1.54, 1.807) is 32.4 Å². The number of fused-ring (bicyclic) bond motifs is 1. The number of likely N-dealkylation sites (tertiary alicyclic amines) is 1. The highest BCUT2D eigenvalue weighted by Gasteiger charge is 2.46. The molecule has 2 aliphatic heterocycles. The summed E-state index contributed by atoms with van der Waals surface area (Å²) in [4.78, 5) is 20.7. The molecule has 3 aliphatic rings. The number of nitrogens with one attached hydrogen (secondary N) is 2. The Kier molecular flexibility index (Phi) is 5.98. The van der Waals surface area contributed by atoms with E-state index in [2.05, 4.69) is 34.9 Å². The second-order valence-electron chi connectivity index (χ2n) is 9.18. The van der Waals surface area contributed by atoms with Crippen molar-refractivity contribution in [1.29, 1.82) is 0 Å². The van der Waals surface area contributed by atoms with Crippen LogP contribution in [-0.2, 0) is 6.54 Å². The normalized spacial score (nSPS) is 23.9. The van der Waals surface area contributed by atoms with Crippen molar-refractivity contribution >= 4 is 17.4 Å². The average Bonchev–Trinajstić information content (AvgIpc) is 3.50. The van der Waals surface area contributed by atoms with Gasteiger partial charge in [-0.05, 0) is 43.0 Å². The molecule has 2 aromatic rings. The third-order valence-corrected chi connectivity index (χ3v) is 7.17. The number of hydrogen-bond donors (Lipinski definition) is 2. The van der Waals surface area contributed by atoms with Crippen molar-refractivity contribution in [3.63, 3.8) is 0 Å². The molecule has 0 bridgehead atoms. The zero-order chi connectivity index (χ0) is 22.8. The summed E-state index contributed by atoms with van der Waals surface area (Å²) in [7, 11) is 3.19. The van der Waals surface area contributed by atoms with Crippen LogP contribution >= 0.6 is 0 Å². The maximum Gasteiger partial charge on any atom is 0.257 e. The molecule has 1 aliphatic carbocycles. The SMILES string of the molecule is COc1ccc(C(=O)N2CC[C@@]3(C2)NCc2ccccc2NC3=NC2CCCC2)c(OC)c1. The second-order valence-corrected chi connectivity index (χ2v) is 9.18. The van der Waals surface area contributed by atoms with E-state index in [9.17, 15) is 4.79 Å². The number of para-hydroxylation sites is 1. The number of anilines is 1. The number of amidine groups is 1. The zero-order valence-electron chi connectivity index (χ0n) is 19.4. The van der Waals surface area contributed by atoms with Crippen LogP contribution in [-0.4, -0.2) is 55.5 Å². The van der Waals surface area contributed by atoms with Gasteiger partial charge in [0.05, 0.1) is 31.4 Å². The summed E-state index contributed by atoms with van der Waals surface area (Å²) in [5.74, 6) is 2.13. The molecule has 33 heavy (non-hydrogen) atoms. The largest absolute Gasteiger partial charge is 0.497 e. The number of carbonyl (C=O) groups is 1. The number of hydrogen-bond acceptors (Lipinski definition) is 5. The zero-order valence-corrected chi connectivity index (χ0v) is 19.4. The molecular formula is C26H32N4O3. The molecular weight excluding hydrogens is 416 g/mol. The van der Waals surface area contributed by atoms with E-state index in [4.69, 9.17) is 14.5 Å². The predicted octanol–water partition coefficient (Wildman–Crippen LogP) is 3.84. The van der Waals surface area contributed by atoms with Gasteiger partial charge < -0.3 is 19.7 Å². The average molecular weight is 449 g/mol. The standard InChI is InChI=1S/C26H32N4O3/c1-32-20-11-12-21(23(15-20)33-2)24(31)30-14-13-26(17-30)25(28-19-8-4-5-9-19)29-22-10-6-3-7-18(22)16-27-26/h3,6-7,10-12,15,19,27H,4-5,8-9,13-14,16-17H2,1-2H3,(H,28,29)/t26-/m0/s1. The van der Waals surface area contributed by atoms with Crippen LogP contribution in [0.2, 0.25) is 0 Å². The van der Waals surface area contributed by atoms with Gasteiger partial charge in [-0.2, -0.15) is 0 Å². The molecule has 5 rings (SSSR count). The molecule has 7 nitrogen and oxygen atoms in total. The summed E-state index contributed by atoms with van der Waals surface area (Å²) in [6.07, 6.45) is 5.55. The van der Waals surface area contributed by atoms with Crippen molar-refractivity contribution in [3.05, 3.63) is 53.6 Å². The van der Waals surface area contributed by atoms with Gasteiger partial charge in [0.25, 0.3) is 5.91 Å². The molecule has 1 saturated heterocycles. The fourth-order valence-electron chi connectivity index (χ4n) is 5.23. The molecule has 1 atom stereocenters. The lowest BCUT2D eigenvalue weighted by atomic mass is 9.96. The Labute approximate surface area is 195 Å². The van der Waals surface area contributed by atoms with Crippen LogP contribution in [0.5, 0.6) is 11.5 Å². The van der Waals surface area contributed by atoms with E-state index in [1.165, 1.54) is 18.4 Å². The van der Waals surface area contributed by atoms with Crippen LogP contribution in [0.3, 0.4) is 0 Å². The number of aliphatic imine (C=N–C) groups is 1. The number of rotatable bonds is 4. The minimum Gasteiger partial charge on any atom is -0.497 e. The Hall–Kier alpha value is -3.06. The molecule has 2 heterocycles. The van der Waals surface area contributed by atoms with Crippen LogP contribution in [0, 0.1) is 0 Å². The first-order chi connectivity index (χ1) is 16.1. The summed E-state index contributed by atoms with van der Waals surface area (Å²) in [5, 5.41) is 7.45. The van der Waals surface area contributed by atoms with Crippen molar-refractivity contribution in [3.8, 4) is 11.5 Å². The molecule has 2 N–H and O–H groups in total. The van der Waals surface area contributed by atoms with E-state index in [0.29, 0.717) is 36.2 Å². The highest BCUT2D eigenvalue weighted by Crippen LogP contribution is 2.33. The van der Waals surface area contributed by atoms with Gasteiger partial charge in [0, 0.05) is 31.4 Å². The highest BCUT2D eigenvalue weighted by molar-refractivity contribution is 6.05. The fourth-order valence-corrected chi connectivity index (χ4v) is 5.23. The third kappa shape index (κ3) is 4.17. The number of nitrogens with zero attached hydrogens (tertiary/aromatic N) is 2. The monoisotopic (exact) mass is 448 g/mol. The summed E-state index contributed by atoms with van der Waals surface area (Å²) in [6.45, 7) is 1.96. The number of amides is 1. The van der Waals surface area contributed by atoms with Crippen LogP contribution in [0.4, 0.5) is 5.69 Å². The van der Waals surface area contributed by atoms with Crippen molar-refractivity contribution in [2.45, 2.75) is 50.2 Å². The first-order valence-electron chi connectivity index (χ1n) is 11.8. The lowest BCUT2D eigenvalue weighted by Gasteiger charge is -2.31. The maximum atomic E-state index is 13.5. The summed E-state index contributed by atoms with van der Waals surface area (Å²) in [6, 6.07) is 14.1. The second kappa shape index (κ2) is 9.06. The Morgan fingerprint density at radius 2 is 1.94 bits per heavy atom. The molecule has 174 valence electrons. The van der Waals surface area contributed by atoms with Gasteiger partial charge >= 0.3 is 0 Å². The van der Waals surface area contributed by atoms with E-state index >= 15 is 0 Å². The first-order valence-corrected chi connectivity index (χ1v) is 11.8. The molecule has 2 aromatic carbocycles. The fraction of sp³-hybridized carbons (Fsp3) is 0.462. The number of benzene rings is 2. The van der Waals surface area contributed by atoms with Gasteiger partial charge in [0.15, 0.2) is 0 Å². The first kappa shape index (κ1) is 21.8. The molecule has 7 heteroatoms. The van der Waals surface area contributed by atoms with Crippen molar-refractivity contribution in [2.75, 3.05) is 32.6 Å². The molecule has 0 radical (unpaired) electrons. The molecule has 1 saturated carbocycles. The Morgan fingerprint density at radius 3 is 2.73 bits per heavy atom. The van der Waals surface area contributed by atoms with Gasteiger partial charge in [-0.25, -0.2) is 0 Å². The Balaban J connectivity index is 1.44. The summed E-state index contributed by atoms with van der Waals surface area (Å²) in [5.41, 5.74) is 2.47. The van der Waals surface area contributed by atoms with E-state index in [1.807, 2.05) is 4.90 Å². The molecule has 0 unspecified atom stereocenters. The number of carbonyl (C=O) groups excluding carboxylic acids is 1. The van der Waals surface area contributed by atoms with Crippen molar-refractivity contribution in [1.82, 2.24) is 10.2 Å². The maximum absolute atomic E-state index is 13.5. The summed E-state index contributed by atoms with van der Waals surface area (Å²) < 4.78 is 10.8. The number of ether oxygens (including phenoxy) is 2. The van der Waals surface area contributed by atoms with Crippen molar-refractivity contribution < 1.29 is 14.3 Å².